The molecule has 0 atom stereocenters. The smallest absolute Gasteiger partial charge is 0.321 e. The fraction of sp³-hybridized carbons (Fsp3) is 0.438. The summed E-state index contributed by atoms with van der Waals surface area (Å²) in [5.41, 5.74) is 0.339. The summed E-state index contributed by atoms with van der Waals surface area (Å²) in [6.45, 7) is 4.15. The van der Waals surface area contributed by atoms with Crippen molar-refractivity contribution in [2.45, 2.75) is 13.8 Å². The fourth-order valence-electron chi connectivity index (χ4n) is 1.82. The van der Waals surface area contributed by atoms with Crippen LogP contribution in [0.3, 0.4) is 0 Å². The van der Waals surface area contributed by atoms with Crippen molar-refractivity contribution in [1.29, 1.82) is 0 Å². The van der Waals surface area contributed by atoms with E-state index >= 15 is 0 Å². The van der Waals surface area contributed by atoms with Crippen LogP contribution in [-0.4, -0.2) is 49.4 Å². The Bertz CT molecular complexity index is 592. The predicted molar refractivity (Wildman–Crippen MR) is 88.9 cm³/mol. The van der Waals surface area contributed by atoms with E-state index in [1.165, 1.54) is 23.1 Å². The van der Waals surface area contributed by atoms with Gasteiger partial charge in [-0.2, -0.15) is 0 Å². The van der Waals surface area contributed by atoms with Crippen molar-refractivity contribution in [2.24, 2.45) is 5.92 Å². The molecule has 0 aliphatic heterocycles. The van der Waals surface area contributed by atoms with Crippen LogP contribution in [0.4, 0.5) is 14.9 Å². The van der Waals surface area contributed by atoms with Gasteiger partial charge in [-0.3, -0.25) is 19.8 Å². The van der Waals surface area contributed by atoms with Gasteiger partial charge < -0.3 is 10.6 Å². The van der Waals surface area contributed by atoms with Gasteiger partial charge in [0.25, 0.3) is 0 Å². The number of urea groups is 1. The number of rotatable bonds is 7. The molecule has 0 spiro atoms. The van der Waals surface area contributed by atoms with E-state index in [4.69, 9.17) is 0 Å². The lowest BCUT2D eigenvalue weighted by Gasteiger charge is -2.16. The highest BCUT2D eigenvalue weighted by molar-refractivity contribution is 5.96. The van der Waals surface area contributed by atoms with Crippen molar-refractivity contribution in [3.63, 3.8) is 0 Å². The lowest BCUT2D eigenvalue weighted by atomic mass is 10.2. The molecule has 0 fully saturated rings. The largest absolute Gasteiger partial charge is 0.338 e. The van der Waals surface area contributed by atoms with E-state index in [-0.39, 0.29) is 24.9 Å². The fourth-order valence-corrected chi connectivity index (χ4v) is 1.82. The number of nitrogens with zero attached hydrogens (tertiary/aromatic N) is 1. The second kappa shape index (κ2) is 9.61. The summed E-state index contributed by atoms with van der Waals surface area (Å²) in [6, 6.07) is 4.96. The Balaban J connectivity index is 2.34. The van der Waals surface area contributed by atoms with Crippen molar-refractivity contribution in [1.82, 2.24) is 15.5 Å². The first-order valence-corrected chi connectivity index (χ1v) is 7.58. The van der Waals surface area contributed by atoms with E-state index < -0.39 is 17.8 Å². The van der Waals surface area contributed by atoms with Crippen molar-refractivity contribution in [3.05, 3.63) is 30.1 Å². The number of carbonyl (C=O) groups is 3. The van der Waals surface area contributed by atoms with Crippen LogP contribution >= 0.6 is 0 Å². The summed E-state index contributed by atoms with van der Waals surface area (Å²) in [4.78, 5) is 36.4. The van der Waals surface area contributed by atoms with Gasteiger partial charge in [0.15, 0.2) is 0 Å². The number of halogens is 1. The number of imide groups is 1. The zero-order chi connectivity index (χ0) is 18.1. The standard InChI is InChI=1S/C16H23FN4O3/c1-11(2)8-18-16(24)20-15(23)10-21(3)9-14(22)19-13-6-4-5-12(17)7-13/h4-7,11H,8-10H2,1-3H3,(H,19,22)(H2,18,20,23,24). The maximum Gasteiger partial charge on any atom is 0.321 e. The van der Waals surface area contributed by atoms with Crippen LogP contribution in [0.2, 0.25) is 0 Å². The zero-order valence-corrected chi connectivity index (χ0v) is 14.1. The van der Waals surface area contributed by atoms with Crippen LogP contribution in [-0.2, 0) is 9.59 Å². The molecular formula is C16H23FN4O3. The number of anilines is 1. The number of hydrogen-bond acceptors (Lipinski definition) is 4. The van der Waals surface area contributed by atoms with E-state index in [2.05, 4.69) is 16.0 Å². The second-order valence-corrected chi connectivity index (χ2v) is 5.88. The molecule has 0 saturated carbocycles. The molecule has 4 amide bonds. The van der Waals surface area contributed by atoms with E-state index in [1.54, 1.807) is 13.1 Å². The van der Waals surface area contributed by atoms with Gasteiger partial charge in [-0.1, -0.05) is 19.9 Å². The minimum atomic E-state index is -0.564. The summed E-state index contributed by atoms with van der Waals surface area (Å²) in [7, 11) is 1.57. The number of hydrogen-bond donors (Lipinski definition) is 3. The lowest BCUT2D eigenvalue weighted by Crippen LogP contribution is -2.45. The Morgan fingerprint density at radius 1 is 1.17 bits per heavy atom. The van der Waals surface area contributed by atoms with Crippen LogP contribution < -0.4 is 16.0 Å². The summed E-state index contributed by atoms with van der Waals surface area (Å²) >= 11 is 0. The Labute approximate surface area is 140 Å². The third-order valence-corrected chi connectivity index (χ3v) is 2.86. The molecule has 132 valence electrons. The quantitative estimate of drug-likeness (QED) is 0.696. The normalized spacial score (nSPS) is 10.6. The summed E-state index contributed by atoms with van der Waals surface area (Å²) in [6.07, 6.45) is 0. The summed E-state index contributed by atoms with van der Waals surface area (Å²) in [5.74, 6) is -1.08. The molecule has 0 saturated heterocycles. The number of carbonyl (C=O) groups excluding carboxylic acids is 3. The van der Waals surface area contributed by atoms with Crippen molar-refractivity contribution >= 4 is 23.5 Å². The van der Waals surface area contributed by atoms with Crippen molar-refractivity contribution in [2.75, 3.05) is 32.0 Å². The first-order chi connectivity index (χ1) is 11.3. The first-order valence-electron chi connectivity index (χ1n) is 7.58. The van der Waals surface area contributed by atoms with Gasteiger partial charge in [0.2, 0.25) is 11.8 Å². The molecule has 0 bridgehead atoms. The lowest BCUT2D eigenvalue weighted by molar-refractivity contribution is -0.122. The Morgan fingerprint density at radius 3 is 2.46 bits per heavy atom. The molecule has 0 aliphatic carbocycles. The second-order valence-electron chi connectivity index (χ2n) is 5.88. The van der Waals surface area contributed by atoms with Gasteiger partial charge in [0.1, 0.15) is 5.82 Å². The van der Waals surface area contributed by atoms with Gasteiger partial charge >= 0.3 is 6.03 Å². The predicted octanol–water partition coefficient (Wildman–Crippen LogP) is 1.18. The van der Waals surface area contributed by atoms with Gasteiger partial charge in [-0.15, -0.1) is 0 Å². The SMILES string of the molecule is CC(C)CNC(=O)NC(=O)CN(C)CC(=O)Nc1cccc(F)c1. The van der Waals surface area contributed by atoms with Crippen LogP contribution in [0, 0.1) is 11.7 Å². The molecular weight excluding hydrogens is 315 g/mol. The molecule has 0 unspecified atom stereocenters. The average molecular weight is 338 g/mol. The Kier molecular flexibility index (Phi) is 7.84. The van der Waals surface area contributed by atoms with Crippen LogP contribution in [0.1, 0.15) is 13.8 Å². The van der Waals surface area contributed by atoms with Gasteiger partial charge in [0.05, 0.1) is 13.1 Å². The van der Waals surface area contributed by atoms with E-state index in [0.717, 1.165) is 0 Å². The number of benzene rings is 1. The highest BCUT2D eigenvalue weighted by Gasteiger charge is 2.13. The molecule has 1 aromatic rings. The Hall–Kier alpha value is -2.48. The van der Waals surface area contributed by atoms with Gasteiger partial charge in [-0.25, -0.2) is 9.18 Å². The minimum absolute atomic E-state index is 0.0719. The number of amides is 4. The first kappa shape index (κ1) is 19.6. The highest BCUT2D eigenvalue weighted by Crippen LogP contribution is 2.08. The molecule has 8 heteroatoms. The molecule has 0 aliphatic rings. The molecule has 0 aromatic heterocycles. The molecule has 7 nitrogen and oxygen atoms in total. The number of likely N-dealkylation sites (N-methyl/N-ethyl adjacent to an activating group) is 1. The van der Waals surface area contributed by atoms with Gasteiger partial charge in [0, 0.05) is 12.2 Å². The Morgan fingerprint density at radius 2 is 1.83 bits per heavy atom. The third-order valence-electron chi connectivity index (χ3n) is 2.86. The third kappa shape index (κ3) is 8.23. The van der Waals surface area contributed by atoms with Crippen LogP contribution in [0.15, 0.2) is 24.3 Å². The molecule has 1 rings (SSSR count). The number of nitrogens with one attached hydrogen (secondary N) is 3. The van der Waals surface area contributed by atoms with E-state index in [0.29, 0.717) is 12.2 Å². The van der Waals surface area contributed by atoms with E-state index in [1.807, 2.05) is 13.8 Å². The van der Waals surface area contributed by atoms with Crippen molar-refractivity contribution in [3.8, 4) is 0 Å². The highest BCUT2D eigenvalue weighted by atomic mass is 19.1. The van der Waals surface area contributed by atoms with Crippen molar-refractivity contribution < 1.29 is 18.8 Å². The minimum Gasteiger partial charge on any atom is -0.338 e. The van der Waals surface area contributed by atoms with Gasteiger partial charge in [-0.05, 0) is 31.2 Å². The maximum atomic E-state index is 13.0. The van der Waals surface area contributed by atoms with Crippen LogP contribution in [0.5, 0.6) is 0 Å². The van der Waals surface area contributed by atoms with Crippen LogP contribution in [0.25, 0.3) is 0 Å². The zero-order valence-electron chi connectivity index (χ0n) is 14.1. The maximum absolute atomic E-state index is 13.0. The molecule has 0 radical (unpaired) electrons. The average Bonchev–Trinajstić information content (AvgIpc) is 2.44. The molecule has 1 aromatic carbocycles. The molecule has 3 N–H and O–H groups in total. The molecule has 0 heterocycles. The topological polar surface area (TPSA) is 90.5 Å². The summed E-state index contributed by atoms with van der Waals surface area (Å²) < 4.78 is 13.0. The summed E-state index contributed by atoms with van der Waals surface area (Å²) in [5, 5.41) is 7.27. The van der Waals surface area contributed by atoms with E-state index in [9.17, 15) is 18.8 Å². The molecule has 24 heavy (non-hydrogen) atoms. The monoisotopic (exact) mass is 338 g/mol.